The van der Waals surface area contributed by atoms with Crippen LogP contribution < -0.4 is 16.2 Å². The average Bonchev–Trinajstić information content (AvgIpc) is 3.13. The summed E-state index contributed by atoms with van der Waals surface area (Å²) in [5, 5.41) is 11.9. The average molecular weight is 385 g/mol. The molecule has 0 aliphatic heterocycles. The molecule has 132 valence electrons. The number of rotatable bonds is 6. The molecule has 0 aliphatic rings. The second-order valence-electron chi connectivity index (χ2n) is 5.02. The molecule has 0 saturated heterocycles. The predicted octanol–water partition coefficient (Wildman–Crippen LogP) is 2.84. The number of thioether (sulfide) groups is 1. The van der Waals surface area contributed by atoms with E-state index in [-0.39, 0.29) is 17.6 Å². The van der Waals surface area contributed by atoms with Crippen LogP contribution in [0.5, 0.6) is 0 Å². The summed E-state index contributed by atoms with van der Waals surface area (Å²) in [6.07, 6.45) is 0. The van der Waals surface area contributed by atoms with Crippen molar-refractivity contribution in [1.82, 2.24) is 21.0 Å². The van der Waals surface area contributed by atoms with Crippen molar-refractivity contribution in [3.63, 3.8) is 0 Å². The van der Waals surface area contributed by atoms with E-state index in [0.29, 0.717) is 15.0 Å². The minimum absolute atomic E-state index is 0.120. The number of nitrogens with one attached hydrogen (secondary N) is 3. The second kappa shape index (κ2) is 8.97. The summed E-state index contributed by atoms with van der Waals surface area (Å²) in [6.45, 7) is 0. The number of carbonyl (C=O) groups excluding carboxylic acids is 2. The van der Waals surface area contributed by atoms with E-state index in [4.69, 9.17) is 0 Å². The Morgan fingerprint density at radius 3 is 2.35 bits per heavy atom. The van der Waals surface area contributed by atoms with Crippen molar-refractivity contribution in [3.8, 4) is 0 Å². The highest BCUT2D eigenvalue weighted by Crippen LogP contribution is 2.27. The van der Waals surface area contributed by atoms with Gasteiger partial charge in [0.2, 0.25) is 11.0 Å². The molecule has 2 aromatic carbocycles. The fourth-order valence-electron chi connectivity index (χ4n) is 1.92. The Morgan fingerprint density at radius 2 is 1.62 bits per heavy atom. The first-order valence-electron chi connectivity index (χ1n) is 7.63. The molecular formula is C17H15N5O2S2. The molecule has 7 nitrogen and oxygen atoms in total. The molecule has 1 heterocycles. The number of hydrogen-bond donors (Lipinski definition) is 3. The largest absolute Gasteiger partial charge is 0.330 e. The Labute approximate surface area is 158 Å². The quantitative estimate of drug-likeness (QED) is 0.446. The molecule has 0 bridgehead atoms. The molecule has 0 spiro atoms. The van der Waals surface area contributed by atoms with Crippen LogP contribution in [0.15, 0.2) is 65.0 Å². The first-order chi connectivity index (χ1) is 12.7. The summed E-state index contributed by atoms with van der Waals surface area (Å²) >= 11 is 2.60. The lowest BCUT2D eigenvalue weighted by molar-refractivity contribution is -0.119. The molecule has 0 atom stereocenters. The summed E-state index contributed by atoms with van der Waals surface area (Å²) in [7, 11) is 0. The van der Waals surface area contributed by atoms with E-state index in [1.54, 1.807) is 24.3 Å². The molecule has 3 aromatic rings. The first-order valence-corrected chi connectivity index (χ1v) is 9.43. The number of nitrogens with zero attached hydrogens (tertiary/aromatic N) is 2. The van der Waals surface area contributed by atoms with Gasteiger partial charge in [-0.05, 0) is 24.3 Å². The highest BCUT2D eigenvalue weighted by molar-refractivity contribution is 8.01. The molecule has 1 aromatic heterocycles. The van der Waals surface area contributed by atoms with Crippen LogP contribution in [0.2, 0.25) is 0 Å². The number of para-hydroxylation sites is 1. The van der Waals surface area contributed by atoms with Gasteiger partial charge in [-0.15, -0.1) is 10.2 Å². The highest BCUT2D eigenvalue weighted by Gasteiger charge is 2.10. The van der Waals surface area contributed by atoms with Crippen molar-refractivity contribution in [1.29, 1.82) is 0 Å². The van der Waals surface area contributed by atoms with Crippen LogP contribution in [0.1, 0.15) is 10.4 Å². The lowest BCUT2D eigenvalue weighted by atomic mass is 10.2. The van der Waals surface area contributed by atoms with Crippen LogP contribution in [-0.2, 0) is 4.79 Å². The van der Waals surface area contributed by atoms with Crippen molar-refractivity contribution in [2.75, 3.05) is 11.1 Å². The summed E-state index contributed by atoms with van der Waals surface area (Å²) < 4.78 is 0.660. The Morgan fingerprint density at radius 1 is 0.923 bits per heavy atom. The van der Waals surface area contributed by atoms with Gasteiger partial charge >= 0.3 is 0 Å². The predicted molar refractivity (Wildman–Crippen MR) is 102 cm³/mol. The van der Waals surface area contributed by atoms with E-state index in [9.17, 15) is 9.59 Å². The zero-order valence-corrected chi connectivity index (χ0v) is 15.1. The summed E-state index contributed by atoms with van der Waals surface area (Å²) in [6, 6.07) is 18.3. The topological polar surface area (TPSA) is 96.0 Å². The molecule has 2 amide bonds. The first kappa shape index (κ1) is 17.9. The maximum Gasteiger partial charge on any atom is 0.269 e. The smallest absolute Gasteiger partial charge is 0.269 e. The monoisotopic (exact) mass is 385 g/mol. The van der Waals surface area contributed by atoms with Crippen LogP contribution in [0.4, 0.5) is 10.8 Å². The number of aromatic nitrogens is 2. The summed E-state index contributed by atoms with van der Waals surface area (Å²) in [5.41, 5.74) is 6.15. The van der Waals surface area contributed by atoms with Gasteiger partial charge in [-0.1, -0.05) is 59.5 Å². The van der Waals surface area contributed by atoms with Crippen molar-refractivity contribution < 1.29 is 9.59 Å². The van der Waals surface area contributed by atoms with Crippen LogP contribution in [0.25, 0.3) is 0 Å². The zero-order chi connectivity index (χ0) is 18.2. The van der Waals surface area contributed by atoms with Gasteiger partial charge in [0.25, 0.3) is 5.91 Å². The van der Waals surface area contributed by atoms with Crippen LogP contribution in [-0.4, -0.2) is 27.8 Å². The van der Waals surface area contributed by atoms with Gasteiger partial charge in [-0.25, -0.2) is 0 Å². The molecule has 0 radical (unpaired) electrons. The third kappa shape index (κ3) is 5.30. The molecule has 3 rings (SSSR count). The van der Waals surface area contributed by atoms with Gasteiger partial charge in [-0.2, -0.15) is 0 Å². The van der Waals surface area contributed by atoms with E-state index in [2.05, 4.69) is 26.4 Å². The Bertz CT molecular complexity index is 871. The standard InChI is InChI=1S/C17H15N5O2S2/c23-14(19-20-15(24)12-7-3-1-4-8-12)11-25-17-22-21-16(26-17)18-13-9-5-2-6-10-13/h1-10H,11H2,(H,18,21)(H,19,23)(H,20,24). The zero-order valence-electron chi connectivity index (χ0n) is 13.5. The molecule has 0 unspecified atom stereocenters. The van der Waals surface area contributed by atoms with Gasteiger partial charge in [0.05, 0.1) is 5.75 Å². The van der Waals surface area contributed by atoms with Crippen LogP contribution in [0, 0.1) is 0 Å². The third-order valence-electron chi connectivity index (χ3n) is 3.11. The number of carbonyl (C=O) groups is 2. The summed E-state index contributed by atoms with van der Waals surface area (Å²) in [5.74, 6) is -0.573. The Kier molecular flexibility index (Phi) is 6.18. The Hall–Kier alpha value is -2.91. The van der Waals surface area contributed by atoms with E-state index in [1.165, 1.54) is 23.1 Å². The molecule has 9 heteroatoms. The minimum Gasteiger partial charge on any atom is -0.330 e. The summed E-state index contributed by atoms with van der Waals surface area (Å²) in [4.78, 5) is 23.7. The van der Waals surface area contributed by atoms with Gasteiger partial charge < -0.3 is 5.32 Å². The highest BCUT2D eigenvalue weighted by atomic mass is 32.2. The number of hydrogen-bond acceptors (Lipinski definition) is 7. The Balaban J connectivity index is 1.43. The number of amides is 2. The van der Waals surface area contributed by atoms with E-state index in [0.717, 1.165) is 5.69 Å². The van der Waals surface area contributed by atoms with Crippen molar-refractivity contribution in [2.45, 2.75) is 4.34 Å². The van der Waals surface area contributed by atoms with Crippen molar-refractivity contribution >= 4 is 45.7 Å². The molecule has 0 fully saturated rings. The maximum absolute atomic E-state index is 11.8. The van der Waals surface area contributed by atoms with Crippen LogP contribution in [0.3, 0.4) is 0 Å². The van der Waals surface area contributed by atoms with Crippen molar-refractivity contribution in [2.24, 2.45) is 0 Å². The van der Waals surface area contributed by atoms with Crippen LogP contribution >= 0.6 is 23.1 Å². The molecule has 0 saturated carbocycles. The van der Waals surface area contributed by atoms with E-state index in [1.807, 2.05) is 36.4 Å². The SMILES string of the molecule is O=C(CSc1nnc(Nc2ccccc2)s1)NNC(=O)c1ccccc1. The fraction of sp³-hybridized carbons (Fsp3) is 0.0588. The minimum atomic E-state index is -0.366. The maximum atomic E-state index is 11.8. The second-order valence-corrected chi connectivity index (χ2v) is 7.22. The third-order valence-corrected chi connectivity index (χ3v) is 5.08. The van der Waals surface area contributed by atoms with Gasteiger partial charge in [-0.3, -0.25) is 20.4 Å². The number of benzene rings is 2. The lowest BCUT2D eigenvalue weighted by Crippen LogP contribution is -2.42. The molecule has 26 heavy (non-hydrogen) atoms. The van der Waals surface area contributed by atoms with Gasteiger partial charge in [0, 0.05) is 11.3 Å². The lowest BCUT2D eigenvalue weighted by Gasteiger charge is -2.06. The molecular weight excluding hydrogens is 370 g/mol. The van der Waals surface area contributed by atoms with Gasteiger partial charge in [0.15, 0.2) is 4.34 Å². The van der Waals surface area contributed by atoms with E-state index >= 15 is 0 Å². The molecule has 0 aliphatic carbocycles. The molecule has 3 N–H and O–H groups in total. The number of anilines is 2. The number of hydrazine groups is 1. The van der Waals surface area contributed by atoms with E-state index < -0.39 is 0 Å². The van der Waals surface area contributed by atoms with Crippen molar-refractivity contribution in [3.05, 3.63) is 66.2 Å². The van der Waals surface area contributed by atoms with Gasteiger partial charge in [0.1, 0.15) is 0 Å². The normalized spacial score (nSPS) is 10.2. The fourth-order valence-corrected chi connectivity index (χ4v) is 3.49.